The second-order valence-corrected chi connectivity index (χ2v) is 34.0. The fourth-order valence-electron chi connectivity index (χ4n) is 11.9. The average molecular weight is 1390 g/mol. The first-order valence-corrected chi connectivity index (χ1v) is 40.7. The van der Waals surface area contributed by atoms with E-state index in [1.807, 2.05) is 159 Å². The van der Waals surface area contributed by atoms with Gasteiger partial charge >= 0.3 is 0 Å². The van der Waals surface area contributed by atoms with Crippen LogP contribution in [0.3, 0.4) is 0 Å². The van der Waals surface area contributed by atoms with Gasteiger partial charge in [-0.2, -0.15) is 0 Å². The van der Waals surface area contributed by atoms with Gasteiger partial charge in [-0.15, -0.1) is 0 Å². The van der Waals surface area contributed by atoms with Crippen LogP contribution >= 0.6 is 0 Å². The number of hydrogen-bond donors (Lipinski definition) is 0. The van der Waals surface area contributed by atoms with Gasteiger partial charge in [0.25, 0.3) is 0 Å². The standard InChI is InChI=1S/C46H52N2O5Si2.C38H36N2O3Si2/c1-9-49-35-21-25-39(26-22-35)54-45(7,41-29-31(3)33(5)43(47-41)51-37-17-13-11-14-18-37)53-46(8,55-40-27-23-36(24-28-40)50-10-2)42-30-32(4)34(6)44(48-42)52-38-19-15-12-16-20-38;1-5-15-29(16-6-1)41-37-25-13-23-33(39-37)35(27-44-31-19-9-3-10-20-31)43-36(28-45-32-21-11-4-12-22-32)34-24-14-26-38(40-34)42-30-17-7-2-8-18-30/h11-30H,9-10,54-55H2,1-8H3;1-26,35-36H,27-28,44-45H2. The fraction of sp³-hybridized carbons (Fsp3) is 0.190. The molecule has 0 saturated carbocycles. The van der Waals surface area contributed by atoms with Gasteiger partial charge in [-0.3, -0.25) is 0 Å². The van der Waals surface area contributed by atoms with Crippen molar-refractivity contribution in [1.82, 2.24) is 19.9 Å². The van der Waals surface area contributed by atoms with Gasteiger partial charge in [0.05, 0.1) is 96.7 Å². The van der Waals surface area contributed by atoms with E-state index < -0.39 is 48.5 Å². The monoisotopic (exact) mass is 1390 g/mol. The maximum atomic E-state index is 7.79. The summed E-state index contributed by atoms with van der Waals surface area (Å²) >= 11 is 0. The molecule has 4 heterocycles. The van der Waals surface area contributed by atoms with Crippen molar-refractivity contribution in [3.05, 3.63) is 324 Å². The van der Waals surface area contributed by atoms with Gasteiger partial charge in [-0.1, -0.05) is 191 Å². The molecule has 0 fully saturated rings. The van der Waals surface area contributed by atoms with Crippen LogP contribution in [0.4, 0.5) is 0 Å². The van der Waals surface area contributed by atoms with Crippen molar-refractivity contribution in [2.24, 2.45) is 0 Å². The van der Waals surface area contributed by atoms with Gasteiger partial charge in [0.2, 0.25) is 23.5 Å². The van der Waals surface area contributed by atoms with Crippen LogP contribution in [0, 0.1) is 27.7 Å². The summed E-state index contributed by atoms with van der Waals surface area (Å²) in [4.78, 5) is 20.5. The molecule has 508 valence electrons. The number of para-hydroxylation sites is 4. The molecule has 8 aromatic carbocycles. The van der Waals surface area contributed by atoms with Crippen LogP contribution in [-0.4, -0.2) is 71.2 Å². The number of aromatic nitrogens is 4. The van der Waals surface area contributed by atoms with E-state index in [0.29, 0.717) is 36.7 Å². The third-order valence-electron chi connectivity index (χ3n) is 17.5. The van der Waals surface area contributed by atoms with E-state index in [1.54, 1.807) is 0 Å². The van der Waals surface area contributed by atoms with Crippen molar-refractivity contribution in [3.8, 4) is 58.0 Å². The highest BCUT2D eigenvalue weighted by atomic mass is 28.2. The van der Waals surface area contributed by atoms with E-state index in [-0.39, 0.29) is 12.2 Å². The minimum atomic E-state index is -1.25. The quantitative estimate of drug-likeness (QED) is 0.0398. The number of pyridine rings is 4. The molecule has 0 aliphatic rings. The summed E-state index contributed by atoms with van der Waals surface area (Å²) in [6.07, 6.45) is -0.432. The summed E-state index contributed by atoms with van der Waals surface area (Å²) in [5.41, 5.74) is 7.55. The van der Waals surface area contributed by atoms with Crippen LogP contribution in [0.2, 0.25) is 12.1 Å². The molecule has 0 amide bonds. The molecule has 0 spiro atoms. The smallest absolute Gasteiger partial charge is 0.222 e. The Morgan fingerprint density at radius 2 is 0.670 bits per heavy atom. The Labute approximate surface area is 598 Å². The molecular weight excluding hydrogens is 1310 g/mol. The number of ether oxygens (including phenoxy) is 8. The van der Waals surface area contributed by atoms with E-state index >= 15 is 0 Å². The molecule has 12 rings (SSSR count). The number of benzene rings is 8. The SMILES string of the molecule is CCOc1ccc([SiH2]C(C)(OC(C)([SiH2]c2ccc(OCC)cc2)c2cc(C)c(C)c(Oc3ccccc3)n2)c2cc(C)c(C)c(Oc3ccccc3)n2)cc1.c1ccc(Oc2cccc(C(C[SiH2]c3ccccc3)OC(C[SiH2]c3ccccc3)c3cccc(Oc4ccccc4)n3)n2)cc1. The van der Waals surface area contributed by atoms with Crippen molar-refractivity contribution in [2.75, 3.05) is 13.2 Å². The molecule has 4 unspecified atom stereocenters. The van der Waals surface area contributed by atoms with Crippen molar-refractivity contribution in [3.63, 3.8) is 0 Å². The Morgan fingerprint density at radius 1 is 0.340 bits per heavy atom. The Balaban J connectivity index is 0.000000206. The zero-order valence-electron chi connectivity index (χ0n) is 58.4. The molecule has 4 aromatic heterocycles. The molecule has 0 N–H and O–H groups in total. The molecule has 16 heteroatoms. The Hall–Kier alpha value is -10.1. The summed E-state index contributed by atoms with van der Waals surface area (Å²) in [5, 5.41) is 3.65. The predicted molar refractivity (Wildman–Crippen MR) is 415 cm³/mol. The first-order chi connectivity index (χ1) is 48.8. The summed E-state index contributed by atoms with van der Waals surface area (Å²) in [7, 11) is -3.79. The molecule has 100 heavy (non-hydrogen) atoms. The van der Waals surface area contributed by atoms with Crippen LogP contribution in [0.25, 0.3) is 0 Å². The molecule has 0 radical (unpaired) electrons. The lowest BCUT2D eigenvalue weighted by Crippen LogP contribution is -2.51. The summed E-state index contributed by atoms with van der Waals surface area (Å²) in [6.45, 7) is 18.0. The van der Waals surface area contributed by atoms with Crippen molar-refractivity contribution < 1.29 is 37.9 Å². The van der Waals surface area contributed by atoms with Gasteiger partial charge in [0, 0.05) is 23.3 Å². The Morgan fingerprint density at radius 3 is 1.01 bits per heavy atom. The van der Waals surface area contributed by atoms with Crippen molar-refractivity contribution >= 4 is 58.8 Å². The average Bonchev–Trinajstić information content (AvgIpc) is 0.759. The van der Waals surface area contributed by atoms with E-state index in [2.05, 4.69) is 175 Å². The van der Waals surface area contributed by atoms with Gasteiger partial charge in [-0.25, -0.2) is 19.9 Å². The van der Waals surface area contributed by atoms with Crippen LogP contribution in [0.5, 0.6) is 58.0 Å². The number of rotatable bonds is 30. The van der Waals surface area contributed by atoms with E-state index in [9.17, 15) is 0 Å². The molecule has 4 atom stereocenters. The lowest BCUT2D eigenvalue weighted by atomic mass is 10.1. The minimum Gasteiger partial charge on any atom is -0.494 e. The molecule has 12 nitrogen and oxygen atoms in total. The second-order valence-electron chi connectivity index (χ2n) is 25.2. The Kier molecular flexibility index (Phi) is 25.0. The largest absolute Gasteiger partial charge is 0.494 e. The third-order valence-corrected chi connectivity index (χ3v) is 25.3. The Bertz CT molecular complexity index is 4220. The maximum absolute atomic E-state index is 7.79. The molecule has 0 aliphatic heterocycles. The summed E-state index contributed by atoms with van der Waals surface area (Å²) in [5.74, 6) is 6.94. The van der Waals surface area contributed by atoms with E-state index in [4.69, 9.17) is 57.8 Å². The first kappa shape index (κ1) is 71.2. The van der Waals surface area contributed by atoms with Gasteiger partial charge in [0.15, 0.2) is 0 Å². The second kappa shape index (κ2) is 35.1. The first-order valence-electron chi connectivity index (χ1n) is 34.5. The molecule has 0 saturated heterocycles. The maximum Gasteiger partial charge on any atom is 0.222 e. The number of hydrogen-bond acceptors (Lipinski definition) is 12. The summed E-state index contributed by atoms with van der Waals surface area (Å²) in [6, 6.07) is 95.6. The van der Waals surface area contributed by atoms with E-state index in [1.165, 1.54) is 20.7 Å². The lowest BCUT2D eigenvalue weighted by Gasteiger charge is -2.41. The van der Waals surface area contributed by atoms with Gasteiger partial charge in [-0.05, 0) is 176 Å². The van der Waals surface area contributed by atoms with Gasteiger partial charge < -0.3 is 37.9 Å². The zero-order valence-corrected chi connectivity index (χ0v) is 64.1. The van der Waals surface area contributed by atoms with Crippen LogP contribution in [0.15, 0.2) is 279 Å². The lowest BCUT2D eigenvalue weighted by molar-refractivity contribution is -0.0631. The highest BCUT2D eigenvalue weighted by Gasteiger charge is 2.42. The van der Waals surface area contributed by atoms with Crippen LogP contribution in [-0.2, 0) is 19.9 Å². The van der Waals surface area contributed by atoms with Crippen LogP contribution in [0.1, 0.15) is 84.9 Å². The third kappa shape index (κ3) is 20.1. The number of nitrogens with zero attached hydrogens (tertiary/aromatic N) is 4. The zero-order chi connectivity index (χ0) is 69.5. The normalized spacial score (nSPS) is 13.4. The minimum absolute atomic E-state index is 0.216. The molecular formula is C84H88N4O8Si4. The van der Waals surface area contributed by atoms with E-state index in [0.717, 1.165) is 91.6 Å². The van der Waals surface area contributed by atoms with Crippen LogP contribution < -0.4 is 49.2 Å². The fourth-order valence-corrected chi connectivity index (χ4v) is 19.4. The highest BCUT2D eigenvalue weighted by Crippen LogP contribution is 2.40. The van der Waals surface area contributed by atoms with Crippen molar-refractivity contribution in [2.45, 2.75) is 90.1 Å². The molecule has 12 aromatic rings. The molecule has 0 aliphatic carbocycles. The molecule has 0 bridgehead atoms. The number of aryl methyl sites for hydroxylation is 2. The van der Waals surface area contributed by atoms with Crippen molar-refractivity contribution in [1.29, 1.82) is 0 Å². The highest BCUT2D eigenvalue weighted by molar-refractivity contribution is 6.58. The predicted octanol–water partition coefficient (Wildman–Crippen LogP) is 14.8. The topological polar surface area (TPSA) is 125 Å². The van der Waals surface area contributed by atoms with Gasteiger partial charge in [0.1, 0.15) is 34.5 Å². The summed E-state index contributed by atoms with van der Waals surface area (Å²) < 4.78 is 51.7.